The van der Waals surface area contributed by atoms with Gasteiger partial charge in [-0.15, -0.1) is 0 Å². The van der Waals surface area contributed by atoms with Crippen LogP contribution in [0.5, 0.6) is 5.75 Å². The highest BCUT2D eigenvalue weighted by molar-refractivity contribution is 5.68. The molecule has 3 rings (SSSR count). The zero-order chi connectivity index (χ0) is 14.5. The number of para-hydroxylation sites is 3. The van der Waals surface area contributed by atoms with Gasteiger partial charge in [-0.1, -0.05) is 60.7 Å². The third-order valence-electron chi connectivity index (χ3n) is 3.42. The maximum absolute atomic E-state index is 10.2. The molecule has 2 heteroatoms. The normalized spacial score (nSPS) is 10.3. The third kappa shape index (κ3) is 3.06. The van der Waals surface area contributed by atoms with Crippen LogP contribution in [0.1, 0.15) is 5.56 Å². The van der Waals surface area contributed by atoms with Crippen LogP contribution in [0.4, 0.5) is 11.4 Å². The van der Waals surface area contributed by atoms with Crippen LogP contribution in [0, 0.1) is 0 Å². The van der Waals surface area contributed by atoms with Crippen molar-refractivity contribution in [1.29, 1.82) is 0 Å². The Bertz CT molecular complexity index is 695. The summed E-state index contributed by atoms with van der Waals surface area (Å²) in [6.07, 6.45) is 0. The number of nitrogens with zero attached hydrogens (tertiary/aromatic N) is 1. The lowest BCUT2D eigenvalue weighted by atomic mass is 10.1. The molecular weight excluding hydrogens is 258 g/mol. The van der Waals surface area contributed by atoms with Gasteiger partial charge >= 0.3 is 0 Å². The fraction of sp³-hybridized carbons (Fsp3) is 0.0526. The second-order valence-electron chi connectivity index (χ2n) is 4.90. The van der Waals surface area contributed by atoms with Crippen LogP contribution in [-0.2, 0) is 6.54 Å². The number of rotatable bonds is 4. The molecule has 0 fully saturated rings. The molecule has 0 amide bonds. The van der Waals surface area contributed by atoms with E-state index in [1.165, 1.54) is 5.56 Å². The molecule has 0 unspecified atom stereocenters. The van der Waals surface area contributed by atoms with Gasteiger partial charge in [0.2, 0.25) is 0 Å². The second-order valence-corrected chi connectivity index (χ2v) is 4.90. The van der Waals surface area contributed by atoms with Crippen LogP contribution >= 0.6 is 0 Å². The van der Waals surface area contributed by atoms with Gasteiger partial charge in [-0.25, -0.2) is 0 Å². The minimum absolute atomic E-state index is 0.289. The predicted octanol–water partition coefficient (Wildman–Crippen LogP) is 4.73. The number of aromatic hydroxyl groups is 1. The Morgan fingerprint density at radius 1 is 0.667 bits per heavy atom. The first kappa shape index (κ1) is 13.3. The Hall–Kier alpha value is -2.74. The van der Waals surface area contributed by atoms with E-state index in [0.29, 0.717) is 6.54 Å². The van der Waals surface area contributed by atoms with Crippen molar-refractivity contribution in [3.05, 3.63) is 90.5 Å². The molecule has 0 bridgehead atoms. The maximum atomic E-state index is 10.2. The van der Waals surface area contributed by atoms with Gasteiger partial charge in [0.15, 0.2) is 0 Å². The molecule has 0 aliphatic carbocycles. The highest BCUT2D eigenvalue weighted by atomic mass is 16.3. The Morgan fingerprint density at radius 3 is 1.90 bits per heavy atom. The summed E-state index contributed by atoms with van der Waals surface area (Å²) in [5.74, 6) is 0.289. The van der Waals surface area contributed by atoms with Crippen molar-refractivity contribution >= 4 is 11.4 Å². The van der Waals surface area contributed by atoms with Gasteiger partial charge < -0.3 is 10.0 Å². The molecule has 1 N–H and O–H groups in total. The van der Waals surface area contributed by atoms with Crippen molar-refractivity contribution in [2.24, 2.45) is 0 Å². The number of hydrogen-bond donors (Lipinski definition) is 1. The number of phenolic OH excluding ortho intramolecular Hbond substituents is 1. The lowest BCUT2D eigenvalue weighted by molar-refractivity contribution is 0.475. The monoisotopic (exact) mass is 275 g/mol. The maximum Gasteiger partial charge on any atom is 0.139 e. The Labute approximate surface area is 124 Å². The standard InChI is InChI=1S/C19H17NO/c21-19-14-8-7-13-18(19)20(17-11-5-2-6-12-17)15-16-9-3-1-4-10-16/h1-14,21H,15H2. The zero-order valence-corrected chi connectivity index (χ0v) is 11.7. The van der Waals surface area contributed by atoms with Crippen molar-refractivity contribution in [2.45, 2.75) is 6.54 Å². The van der Waals surface area contributed by atoms with Crippen LogP contribution < -0.4 is 4.90 Å². The summed E-state index contributed by atoms with van der Waals surface area (Å²) in [6.45, 7) is 0.711. The largest absolute Gasteiger partial charge is 0.506 e. The molecule has 0 aromatic heterocycles. The van der Waals surface area contributed by atoms with Crippen molar-refractivity contribution in [1.82, 2.24) is 0 Å². The number of hydrogen-bond acceptors (Lipinski definition) is 2. The number of phenols is 1. The summed E-state index contributed by atoms with van der Waals surface area (Å²) in [5.41, 5.74) is 3.07. The van der Waals surface area contributed by atoms with E-state index in [-0.39, 0.29) is 5.75 Å². The van der Waals surface area contributed by atoms with Crippen LogP contribution in [0.15, 0.2) is 84.9 Å². The fourth-order valence-corrected chi connectivity index (χ4v) is 2.38. The highest BCUT2D eigenvalue weighted by Gasteiger charge is 2.13. The first-order chi connectivity index (χ1) is 10.3. The van der Waals surface area contributed by atoms with Crippen molar-refractivity contribution in [3.63, 3.8) is 0 Å². The first-order valence-corrected chi connectivity index (χ1v) is 6.99. The summed E-state index contributed by atoms with van der Waals surface area (Å²) < 4.78 is 0. The van der Waals surface area contributed by atoms with Gasteiger partial charge in [0.25, 0.3) is 0 Å². The molecule has 104 valence electrons. The molecule has 2 nitrogen and oxygen atoms in total. The van der Waals surface area contributed by atoms with Crippen molar-refractivity contribution in [3.8, 4) is 5.75 Å². The average Bonchev–Trinajstić information content (AvgIpc) is 2.55. The summed E-state index contributed by atoms with van der Waals surface area (Å²) in [4.78, 5) is 2.12. The molecule has 0 atom stereocenters. The van der Waals surface area contributed by atoms with Crippen molar-refractivity contribution in [2.75, 3.05) is 4.90 Å². The fourth-order valence-electron chi connectivity index (χ4n) is 2.38. The number of anilines is 2. The molecule has 0 saturated carbocycles. The summed E-state index contributed by atoms with van der Waals surface area (Å²) in [7, 11) is 0. The molecule has 3 aromatic carbocycles. The van der Waals surface area contributed by atoms with Gasteiger partial charge in [0.05, 0.1) is 5.69 Å². The van der Waals surface area contributed by atoms with E-state index in [1.54, 1.807) is 6.07 Å². The van der Waals surface area contributed by atoms with E-state index in [9.17, 15) is 5.11 Å². The Morgan fingerprint density at radius 2 is 1.24 bits per heavy atom. The van der Waals surface area contributed by atoms with Crippen LogP contribution in [0.25, 0.3) is 0 Å². The van der Waals surface area contributed by atoms with Gasteiger partial charge in [0.1, 0.15) is 5.75 Å². The molecule has 0 radical (unpaired) electrons. The van der Waals surface area contributed by atoms with Gasteiger partial charge in [-0.3, -0.25) is 0 Å². The molecule has 0 saturated heterocycles. The van der Waals surface area contributed by atoms with E-state index in [2.05, 4.69) is 29.2 Å². The lowest BCUT2D eigenvalue weighted by Crippen LogP contribution is -2.16. The highest BCUT2D eigenvalue weighted by Crippen LogP contribution is 2.33. The quantitative estimate of drug-likeness (QED) is 0.744. The van der Waals surface area contributed by atoms with E-state index >= 15 is 0 Å². The summed E-state index contributed by atoms with van der Waals surface area (Å²) in [6, 6.07) is 27.8. The first-order valence-electron chi connectivity index (χ1n) is 6.99. The summed E-state index contributed by atoms with van der Waals surface area (Å²) in [5, 5.41) is 10.2. The van der Waals surface area contributed by atoms with Gasteiger partial charge in [-0.05, 0) is 29.8 Å². The topological polar surface area (TPSA) is 23.5 Å². The van der Waals surface area contributed by atoms with Gasteiger partial charge in [-0.2, -0.15) is 0 Å². The SMILES string of the molecule is Oc1ccccc1N(Cc1ccccc1)c1ccccc1. The zero-order valence-electron chi connectivity index (χ0n) is 11.7. The van der Waals surface area contributed by atoms with Crippen LogP contribution in [0.2, 0.25) is 0 Å². The van der Waals surface area contributed by atoms with E-state index < -0.39 is 0 Å². The Balaban J connectivity index is 2.02. The molecular formula is C19H17NO. The third-order valence-corrected chi connectivity index (χ3v) is 3.42. The average molecular weight is 275 g/mol. The van der Waals surface area contributed by atoms with Crippen LogP contribution in [0.3, 0.4) is 0 Å². The molecule has 0 spiro atoms. The molecule has 0 aliphatic heterocycles. The molecule has 21 heavy (non-hydrogen) atoms. The Kier molecular flexibility index (Phi) is 3.88. The number of benzene rings is 3. The van der Waals surface area contributed by atoms with Gasteiger partial charge in [0, 0.05) is 12.2 Å². The van der Waals surface area contributed by atoms with E-state index in [1.807, 2.05) is 54.6 Å². The minimum Gasteiger partial charge on any atom is -0.506 e. The van der Waals surface area contributed by atoms with E-state index in [0.717, 1.165) is 11.4 Å². The smallest absolute Gasteiger partial charge is 0.139 e. The minimum atomic E-state index is 0.289. The molecule has 3 aromatic rings. The second kappa shape index (κ2) is 6.14. The summed E-state index contributed by atoms with van der Waals surface area (Å²) >= 11 is 0. The molecule has 0 heterocycles. The van der Waals surface area contributed by atoms with Crippen molar-refractivity contribution < 1.29 is 5.11 Å². The van der Waals surface area contributed by atoms with Crippen LogP contribution in [-0.4, -0.2) is 5.11 Å². The predicted molar refractivity (Wildman–Crippen MR) is 86.8 cm³/mol. The van der Waals surface area contributed by atoms with E-state index in [4.69, 9.17) is 0 Å². The molecule has 0 aliphatic rings. The lowest BCUT2D eigenvalue weighted by Gasteiger charge is -2.26.